The molecule has 4 nitrogen and oxygen atoms in total. The molecule has 2 rings (SSSR count). The van der Waals surface area contributed by atoms with Gasteiger partial charge in [0.2, 0.25) is 0 Å². The fourth-order valence-electron chi connectivity index (χ4n) is 1.62. The summed E-state index contributed by atoms with van der Waals surface area (Å²) in [5, 5.41) is 6.75. The van der Waals surface area contributed by atoms with Gasteiger partial charge in [0, 0.05) is 39.8 Å². The van der Waals surface area contributed by atoms with Gasteiger partial charge >= 0.3 is 0 Å². The molecule has 0 spiro atoms. The molecule has 0 radical (unpaired) electrons. The molecule has 0 aliphatic carbocycles. The van der Waals surface area contributed by atoms with E-state index >= 15 is 0 Å². The number of nitrogens with one attached hydrogen (secondary N) is 2. The second-order valence-corrected chi connectivity index (χ2v) is 3.78. The number of furan rings is 1. The van der Waals surface area contributed by atoms with Crippen LogP contribution in [0.5, 0.6) is 0 Å². The quantitative estimate of drug-likeness (QED) is 0.724. The van der Waals surface area contributed by atoms with Crippen molar-refractivity contribution < 1.29 is 4.42 Å². The first-order valence-corrected chi connectivity index (χ1v) is 4.98. The lowest BCUT2D eigenvalue weighted by molar-refractivity contribution is 0.365. The van der Waals surface area contributed by atoms with Gasteiger partial charge in [-0.2, -0.15) is 0 Å². The molecule has 1 aromatic rings. The predicted octanol–water partition coefficient (Wildman–Crippen LogP) is 0.580. The molecule has 1 fully saturated rings. The Morgan fingerprint density at radius 2 is 2.21 bits per heavy atom. The van der Waals surface area contributed by atoms with Gasteiger partial charge in [-0.25, -0.2) is 0 Å². The van der Waals surface area contributed by atoms with Crippen molar-refractivity contribution in [3.05, 3.63) is 17.9 Å². The minimum absolute atomic E-state index is 0.317. The van der Waals surface area contributed by atoms with Crippen LogP contribution in [0, 0.1) is 0 Å². The fraction of sp³-hybridized carbons (Fsp3) is 0.600. The van der Waals surface area contributed by atoms with Gasteiger partial charge < -0.3 is 20.0 Å². The number of hydrogen-bond donors (Lipinski definition) is 2. The molecule has 0 saturated carbocycles. The summed E-state index contributed by atoms with van der Waals surface area (Å²) in [5.41, 5.74) is 0. The highest BCUT2D eigenvalue weighted by Gasteiger charge is 2.17. The first-order valence-electron chi connectivity index (χ1n) is 4.98. The highest BCUT2D eigenvalue weighted by Crippen LogP contribution is 2.21. The van der Waals surface area contributed by atoms with Gasteiger partial charge in [0.25, 0.3) is 0 Å². The molecule has 0 amide bonds. The van der Waals surface area contributed by atoms with E-state index in [-0.39, 0.29) is 0 Å². The molecule has 2 N–H and O–H groups in total. The van der Waals surface area contributed by atoms with Crippen LogP contribution >= 0.6 is 0 Å². The Kier molecular flexibility index (Phi) is 2.74. The third-order valence-corrected chi connectivity index (χ3v) is 2.44. The Morgan fingerprint density at radius 1 is 1.36 bits per heavy atom. The Hall–Kier alpha value is -1.00. The molecular formula is C10H17N3O. The molecule has 1 aromatic heterocycles. The van der Waals surface area contributed by atoms with E-state index in [1.54, 1.807) is 0 Å². The maximum atomic E-state index is 5.71. The number of anilines is 1. The second-order valence-electron chi connectivity index (χ2n) is 3.78. The van der Waals surface area contributed by atoms with E-state index in [4.69, 9.17) is 4.42 Å². The Morgan fingerprint density at radius 3 is 2.79 bits per heavy atom. The summed E-state index contributed by atoms with van der Waals surface area (Å²) < 4.78 is 5.71. The van der Waals surface area contributed by atoms with Gasteiger partial charge in [-0.1, -0.05) is 0 Å². The third-order valence-electron chi connectivity index (χ3n) is 2.44. The summed E-state index contributed by atoms with van der Waals surface area (Å²) in [7, 11) is 3.96. The minimum atomic E-state index is 0.317. The number of hydrogen-bond acceptors (Lipinski definition) is 4. The van der Waals surface area contributed by atoms with E-state index in [1.165, 1.54) is 0 Å². The molecule has 14 heavy (non-hydrogen) atoms. The van der Waals surface area contributed by atoms with Gasteiger partial charge in [0.15, 0.2) is 5.88 Å². The summed E-state index contributed by atoms with van der Waals surface area (Å²) in [5.74, 6) is 1.92. The zero-order valence-corrected chi connectivity index (χ0v) is 8.71. The summed E-state index contributed by atoms with van der Waals surface area (Å²) in [6, 6.07) is 4.36. The van der Waals surface area contributed by atoms with Crippen molar-refractivity contribution in [2.24, 2.45) is 0 Å². The van der Waals surface area contributed by atoms with Crippen molar-refractivity contribution >= 4 is 5.88 Å². The zero-order chi connectivity index (χ0) is 9.97. The van der Waals surface area contributed by atoms with Crippen LogP contribution in [0.2, 0.25) is 0 Å². The van der Waals surface area contributed by atoms with E-state index in [9.17, 15) is 0 Å². The molecule has 4 heteroatoms. The first-order chi connectivity index (χ1) is 6.77. The maximum Gasteiger partial charge on any atom is 0.195 e. The predicted molar refractivity (Wildman–Crippen MR) is 56.6 cm³/mol. The van der Waals surface area contributed by atoms with Crippen LogP contribution in [0.25, 0.3) is 0 Å². The lowest BCUT2D eigenvalue weighted by atomic mass is 10.2. The monoisotopic (exact) mass is 195 g/mol. The highest BCUT2D eigenvalue weighted by atomic mass is 16.4. The van der Waals surface area contributed by atoms with Crippen LogP contribution in [0.3, 0.4) is 0 Å². The summed E-state index contributed by atoms with van der Waals surface area (Å²) >= 11 is 0. The van der Waals surface area contributed by atoms with Crippen LogP contribution in [-0.2, 0) is 0 Å². The van der Waals surface area contributed by atoms with Crippen LogP contribution in [0.1, 0.15) is 11.8 Å². The summed E-state index contributed by atoms with van der Waals surface area (Å²) in [6.07, 6.45) is 0. The molecule has 0 aromatic carbocycles. The molecule has 78 valence electrons. The largest absolute Gasteiger partial charge is 0.444 e. The van der Waals surface area contributed by atoms with Gasteiger partial charge in [0.1, 0.15) is 5.76 Å². The van der Waals surface area contributed by atoms with E-state index < -0.39 is 0 Å². The summed E-state index contributed by atoms with van der Waals surface area (Å²) in [6.45, 7) is 2.99. The highest BCUT2D eigenvalue weighted by molar-refractivity contribution is 5.34. The van der Waals surface area contributed by atoms with Crippen molar-refractivity contribution in [2.45, 2.75) is 6.04 Å². The molecule has 2 heterocycles. The SMILES string of the molecule is CN(C)c1ccc(C2CNCCN2)o1. The van der Waals surface area contributed by atoms with Crippen LogP contribution in [0.4, 0.5) is 5.88 Å². The lowest BCUT2D eigenvalue weighted by Gasteiger charge is -2.22. The number of piperazine rings is 1. The van der Waals surface area contributed by atoms with Crippen molar-refractivity contribution in [1.29, 1.82) is 0 Å². The van der Waals surface area contributed by atoms with Gasteiger partial charge in [-0.05, 0) is 6.07 Å². The average molecular weight is 195 g/mol. The van der Waals surface area contributed by atoms with Crippen molar-refractivity contribution in [2.75, 3.05) is 38.6 Å². The lowest BCUT2D eigenvalue weighted by Crippen LogP contribution is -2.42. The van der Waals surface area contributed by atoms with Crippen molar-refractivity contribution in [3.63, 3.8) is 0 Å². The Bertz CT molecular complexity index is 289. The summed E-state index contributed by atoms with van der Waals surface area (Å²) in [4.78, 5) is 1.97. The van der Waals surface area contributed by atoms with E-state index in [1.807, 2.05) is 31.1 Å². The van der Waals surface area contributed by atoms with Gasteiger partial charge in [-0.15, -0.1) is 0 Å². The van der Waals surface area contributed by atoms with E-state index in [2.05, 4.69) is 10.6 Å². The standard InChI is InChI=1S/C10H17N3O/c1-13(2)10-4-3-9(14-10)8-7-11-5-6-12-8/h3-4,8,11-12H,5-7H2,1-2H3. The third kappa shape index (κ3) is 1.91. The molecule has 1 atom stereocenters. The first kappa shape index (κ1) is 9.55. The van der Waals surface area contributed by atoms with Crippen LogP contribution in [-0.4, -0.2) is 33.7 Å². The van der Waals surface area contributed by atoms with E-state index in [0.717, 1.165) is 31.3 Å². The Balaban J connectivity index is 2.07. The maximum absolute atomic E-state index is 5.71. The Labute approximate surface area is 84.3 Å². The smallest absolute Gasteiger partial charge is 0.195 e. The van der Waals surface area contributed by atoms with E-state index in [0.29, 0.717) is 6.04 Å². The van der Waals surface area contributed by atoms with Crippen LogP contribution < -0.4 is 15.5 Å². The topological polar surface area (TPSA) is 40.4 Å². The molecule has 1 aliphatic heterocycles. The minimum Gasteiger partial charge on any atom is -0.444 e. The fourth-order valence-corrected chi connectivity index (χ4v) is 1.62. The second kappa shape index (κ2) is 4.02. The zero-order valence-electron chi connectivity index (χ0n) is 8.71. The molecule has 1 saturated heterocycles. The molecule has 1 unspecified atom stereocenters. The van der Waals surface area contributed by atoms with Crippen molar-refractivity contribution in [3.8, 4) is 0 Å². The van der Waals surface area contributed by atoms with Crippen LogP contribution in [0.15, 0.2) is 16.5 Å². The average Bonchev–Trinajstić information content (AvgIpc) is 2.68. The van der Waals surface area contributed by atoms with Gasteiger partial charge in [-0.3, -0.25) is 0 Å². The molecule has 1 aliphatic rings. The molecular weight excluding hydrogens is 178 g/mol. The van der Waals surface area contributed by atoms with Crippen molar-refractivity contribution in [1.82, 2.24) is 10.6 Å². The normalized spacial score (nSPS) is 22.3. The molecule has 0 bridgehead atoms. The number of nitrogens with zero attached hydrogens (tertiary/aromatic N) is 1. The van der Waals surface area contributed by atoms with Gasteiger partial charge in [0.05, 0.1) is 6.04 Å². The number of rotatable bonds is 2.